The standard InChI is InChI=1S/C14H22N4O/c19-13(9-11-1-4-15-10-11)18-7-2-12(3-8-18)14-16-5-6-17-14/h5-6,11-12,15H,1-4,7-10H2,(H,16,17). The molecule has 2 aliphatic rings. The minimum Gasteiger partial charge on any atom is -0.348 e. The van der Waals surface area contributed by atoms with Crippen LogP contribution in [-0.2, 0) is 4.79 Å². The minimum absolute atomic E-state index is 0.339. The normalized spacial score (nSPS) is 24.8. The summed E-state index contributed by atoms with van der Waals surface area (Å²) in [4.78, 5) is 21.8. The molecule has 2 aliphatic heterocycles. The highest BCUT2D eigenvalue weighted by Gasteiger charge is 2.27. The molecule has 19 heavy (non-hydrogen) atoms. The summed E-state index contributed by atoms with van der Waals surface area (Å²) in [6, 6.07) is 0. The van der Waals surface area contributed by atoms with Gasteiger partial charge in [-0.25, -0.2) is 4.98 Å². The van der Waals surface area contributed by atoms with E-state index in [1.54, 1.807) is 6.20 Å². The van der Waals surface area contributed by atoms with E-state index in [0.29, 0.717) is 17.7 Å². The smallest absolute Gasteiger partial charge is 0.222 e. The van der Waals surface area contributed by atoms with E-state index in [1.807, 2.05) is 11.1 Å². The Bertz CT molecular complexity index is 403. The van der Waals surface area contributed by atoms with Gasteiger partial charge in [0.15, 0.2) is 0 Å². The van der Waals surface area contributed by atoms with Crippen molar-refractivity contribution in [2.45, 2.75) is 31.6 Å². The average molecular weight is 262 g/mol. The zero-order chi connectivity index (χ0) is 13.1. The Balaban J connectivity index is 1.48. The molecule has 3 heterocycles. The fourth-order valence-electron chi connectivity index (χ4n) is 3.17. The van der Waals surface area contributed by atoms with Crippen LogP contribution in [-0.4, -0.2) is 47.0 Å². The molecule has 3 rings (SSSR count). The largest absolute Gasteiger partial charge is 0.348 e. The van der Waals surface area contributed by atoms with Crippen molar-refractivity contribution < 1.29 is 4.79 Å². The van der Waals surface area contributed by atoms with Gasteiger partial charge in [0.2, 0.25) is 5.91 Å². The molecule has 5 heteroatoms. The van der Waals surface area contributed by atoms with Gasteiger partial charge in [-0.3, -0.25) is 4.79 Å². The number of piperidine rings is 1. The summed E-state index contributed by atoms with van der Waals surface area (Å²) >= 11 is 0. The number of rotatable bonds is 3. The van der Waals surface area contributed by atoms with Gasteiger partial charge in [-0.15, -0.1) is 0 Å². The van der Waals surface area contributed by atoms with Gasteiger partial charge in [0, 0.05) is 37.8 Å². The topological polar surface area (TPSA) is 61.0 Å². The predicted octanol–water partition coefficient (Wildman–Crippen LogP) is 1.12. The Morgan fingerprint density at radius 2 is 2.21 bits per heavy atom. The van der Waals surface area contributed by atoms with Gasteiger partial charge in [0.1, 0.15) is 5.82 Å². The predicted molar refractivity (Wildman–Crippen MR) is 72.7 cm³/mol. The maximum absolute atomic E-state index is 12.2. The molecule has 0 saturated carbocycles. The Kier molecular flexibility index (Phi) is 3.82. The lowest BCUT2D eigenvalue weighted by Gasteiger charge is -2.31. The summed E-state index contributed by atoms with van der Waals surface area (Å²) in [7, 11) is 0. The van der Waals surface area contributed by atoms with Crippen molar-refractivity contribution in [1.29, 1.82) is 0 Å². The highest BCUT2D eigenvalue weighted by Crippen LogP contribution is 2.26. The van der Waals surface area contributed by atoms with Crippen LogP contribution in [0.5, 0.6) is 0 Å². The number of carbonyl (C=O) groups excluding carboxylic acids is 1. The van der Waals surface area contributed by atoms with Crippen LogP contribution >= 0.6 is 0 Å². The number of hydrogen-bond acceptors (Lipinski definition) is 3. The molecule has 0 radical (unpaired) electrons. The molecule has 1 amide bonds. The van der Waals surface area contributed by atoms with Crippen LogP contribution in [0.15, 0.2) is 12.4 Å². The van der Waals surface area contributed by atoms with Crippen molar-refractivity contribution >= 4 is 5.91 Å². The molecule has 1 unspecified atom stereocenters. The zero-order valence-electron chi connectivity index (χ0n) is 11.3. The van der Waals surface area contributed by atoms with Crippen LogP contribution in [0.25, 0.3) is 0 Å². The highest BCUT2D eigenvalue weighted by atomic mass is 16.2. The van der Waals surface area contributed by atoms with Crippen LogP contribution in [0.1, 0.15) is 37.4 Å². The lowest BCUT2D eigenvalue weighted by Crippen LogP contribution is -2.39. The minimum atomic E-state index is 0.339. The maximum atomic E-state index is 12.2. The molecule has 1 atom stereocenters. The number of aromatic nitrogens is 2. The molecule has 5 nitrogen and oxygen atoms in total. The molecule has 0 spiro atoms. The first-order valence-corrected chi connectivity index (χ1v) is 7.30. The number of nitrogens with one attached hydrogen (secondary N) is 2. The molecule has 2 N–H and O–H groups in total. The van der Waals surface area contributed by atoms with E-state index in [0.717, 1.165) is 57.7 Å². The summed E-state index contributed by atoms with van der Waals surface area (Å²) in [5.41, 5.74) is 0. The molecule has 1 aromatic rings. The zero-order valence-corrected chi connectivity index (χ0v) is 11.3. The first-order valence-electron chi connectivity index (χ1n) is 7.30. The number of aromatic amines is 1. The number of nitrogens with zero attached hydrogens (tertiary/aromatic N) is 2. The SMILES string of the molecule is O=C(CC1CCNC1)N1CCC(c2ncc[nH]2)CC1. The molecule has 0 aromatic carbocycles. The molecule has 2 saturated heterocycles. The van der Waals surface area contributed by atoms with Gasteiger partial charge in [0.05, 0.1) is 0 Å². The van der Waals surface area contributed by atoms with Crippen LogP contribution in [0.3, 0.4) is 0 Å². The van der Waals surface area contributed by atoms with Gasteiger partial charge in [-0.05, 0) is 38.3 Å². The fourth-order valence-corrected chi connectivity index (χ4v) is 3.17. The van der Waals surface area contributed by atoms with Crippen LogP contribution < -0.4 is 5.32 Å². The molecule has 1 aromatic heterocycles. The first kappa shape index (κ1) is 12.7. The summed E-state index contributed by atoms with van der Waals surface area (Å²) in [5, 5.41) is 3.32. The lowest BCUT2D eigenvalue weighted by molar-refractivity contribution is -0.133. The van der Waals surface area contributed by atoms with Crippen molar-refractivity contribution in [2.24, 2.45) is 5.92 Å². The number of H-pyrrole nitrogens is 1. The van der Waals surface area contributed by atoms with Crippen molar-refractivity contribution in [3.05, 3.63) is 18.2 Å². The first-order chi connectivity index (χ1) is 9.33. The molecular weight excluding hydrogens is 240 g/mol. The van der Waals surface area contributed by atoms with E-state index in [2.05, 4.69) is 15.3 Å². The van der Waals surface area contributed by atoms with Crippen LogP contribution in [0, 0.1) is 5.92 Å². The van der Waals surface area contributed by atoms with Gasteiger partial charge in [-0.1, -0.05) is 0 Å². The molecule has 0 bridgehead atoms. The van der Waals surface area contributed by atoms with Crippen molar-refractivity contribution in [2.75, 3.05) is 26.2 Å². The maximum Gasteiger partial charge on any atom is 0.222 e. The molecule has 0 aliphatic carbocycles. The van der Waals surface area contributed by atoms with Gasteiger partial charge in [-0.2, -0.15) is 0 Å². The summed E-state index contributed by atoms with van der Waals surface area (Å²) in [6.07, 6.45) is 7.61. The number of likely N-dealkylation sites (tertiary alicyclic amines) is 1. The Labute approximate surface area is 113 Å². The molecule has 2 fully saturated rings. The van der Waals surface area contributed by atoms with E-state index in [1.165, 1.54) is 0 Å². The third-order valence-electron chi connectivity index (χ3n) is 4.38. The second-order valence-electron chi connectivity index (χ2n) is 5.69. The van der Waals surface area contributed by atoms with E-state index in [-0.39, 0.29) is 0 Å². The quantitative estimate of drug-likeness (QED) is 0.858. The fraction of sp³-hybridized carbons (Fsp3) is 0.714. The third kappa shape index (κ3) is 2.97. The van der Waals surface area contributed by atoms with Gasteiger partial charge >= 0.3 is 0 Å². The summed E-state index contributed by atoms with van der Waals surface area (Å²) < 4.78 is 0. The lowest BCUT2D eigenvalue weighted by atomic mass is 9.95. The monoisotopic (exact) mass is 262 g/mol. The number of carbonyl (C=O) groups is 1. The Morgan fingerprint density at radius 1 is 1.37 bits per heavy atom. The van der Waals surface area contributed by atoms with Crippen LogP contribution in [0.4, 0.5) is 0 Å². The summed E-state index contributed by atoms with van der Waals surface area (Å²) in [6.45, 7) is 3.84. The van der Waals surface area contributed by atoms with E-state index >= 15 is 0 Å². The van der Waals surface area contributed by atoms with E-state index in [4.69, 9.17) is 0 Å². The summed E-state index contributed by atoms with van der Waals surface area (Å²) in [5.74, 6) is 2.46. The van der Waals surface area contributed by atoms with Crippen molar-refractivity contribution in [3.8, 4) is 0 Å². The van der Waals surface area contributed by atoms with Gasteiger partial charge < -0.3 is 15.2 Å². The number of imidazole rings is 1. The molecule has 104 valence electrons. The van der Waals surface area contributed by atoms with E-state index < -0.39 is 0 Å². The van der Waals surface area contributed by atoms with Crippen molar-refractivity contribution in [3.63, 3.8) is 0 Å². The Morgan fingerprint density at radius 3 is 2.84 bits per heavy atom. The average Bonchev–Trinajstić information content (AvgIpc) is 3.12. The third-order valence-corrected chi connectivity index (χ3v) is 4.38. The van der Waals surface area contributed by atoms with E-state index in [9.17, 15) is 4.79 Å². The second kappa shape index (κ2) is 5.74. The van der Waals surface area contributed by atoms with Crippen LogP contribution in [0.2, 0.25) is 0 Å². The Hall–Kier alpha value is -1.36. The van der Waals surface area contributed by atoms with Gasteiger partial charge in [0.25, 0.3) is 0 Å². The van der Waals surface area contributed by atoms with Crippen molar-refractivity contribution in [1.82, 2.24) is 20.2 Å². The number of amides is 1. The number of hydrogen-bond donors (Lipinski definition) is 2. The second-order valence-corrected chi connectivity index (χ2v) is 5.69. The highest BCUT2D eigenvalue weighted by molar-refractivity contribution is 5.76. The molecular formula is C14H22N4O.